The third-order valence-corrected chi connectivity index (χ3v) is 4.96. The van der Waals surface area contributed by atoms with Gasteiger partial charge in [0, 0.05) is 24.2 Å². The van der Waals surface area contributed by atoms with E-state index in [0.29, 0.717) is 35.9 Å². The van der Waals surface area contributed by atoms with E-state index in [1.54, 1.807) is 17.0 Å². The summed E-state index contributed by atoms with van der Waals surface area (Å²) >= 11 is 0. The Morgan fingerprint density at radius 2 is 1.90 bits per heavy atom. The number of amides is 1. The molecule has 3 aromatic rings. The molecule has 8 heteroatoms. The van der Waals surface area contributed by atoms with Gasteiger partial charge in [0.1, 0.15) is 5.82 Å². The highest BCUT2D eigenvalue weighted by Gasteiger charge is 2.29. The zero-order valence-electron chi connectivity index (χ0n) is 15.4. The molecule has 7 nitrogen and oxygen atoms in total. The highest BCUT2D eigenvalue weighted by Crippen LogP contribution is 2.28. The van der Waals surface area contributed by atoms with E-state index in [-0.39, 0.29) is 23.2 Å². The van der Waals surface area contributed by atoms with Gasteiger partial charge in [-0.1, -0.05) is 17.3 Å². The van der Waals surface area contributed by atoms with Crippen molar-refractivity contribution in [2.75, 3.05) is 13.1 Å². The van der Waals surface area contributed by atoms with E-state index < -0.39 is 5.97 Å². The van der Waals surface area contributed by atoms with Gasteiger partial charge in [-0.05, 0) is 49.2 Å². The minimum absolute atomic E-state index is 0.110. The molecule has 2 heterocycles. The van der Waals surface area contributed by atoms with Gasteiger partial charge in [0.05, 0.1) is 11.5 Å². The second kappa shape index (κ2) is 7.83. The Kier molecular flexibility index (Phi) is 5.07. The van der Waals surface area contributed by atoms with Gasteiger partial charge in [0.15, 0.2) is 0 Å². The molecule has 0 aliphatic carbocycles. The quantitative estimate of drug-likeness (QED) is 0.725. The van der Waals surface area contributed by atoms with Crippen molar-refractivity contribution in [1.29, 1.82) is 0 Å². The van der Waals surface area contributed by atoms with Gasteiger partial charge in [-0.2, -0.15) is 4.98 Å². The van der Waals surface area contributed by atoms with Crippen molar-refractivity contribution in [3.63, 3.8) is 0 Å². The maximum Gasteiger partial charge on any atom is 0.335 e. The van der Waals surface area contributed by atoms with Gasteiger partial charge in [0.2, 0.25) is 11.7 Å². The van der Waals surface area contributed by atoms with E-state index in [0.717, 1.165) is 12.8 Å². The van der Waals surface area contributed by atoms with Crippen LogP contribution in [0.3, 0.4) is 0 Å². The summed E-state index contributed by atoms with van der Waals surface area (Å²) < 4.78 is 18.8. The molecular formula is C21H18FN3O4. The molecule has 1 atom stereocenters. The minimum atomic E-state index is -1.03. The molecule has 0 saturated carbocycles. The molecular weight excluding hydrogens is 377 g/mol. The maximum atomic E-state index is 13.4. The first-order chi connectivity index (χ1) is 14.0. The normalized spacial score (nSPS) is 16.6. The fourth-order valence-electron chi connectivity index (χ4n) is 3.45. The summed E-state index contributed by atoms with van der Waals surface area (Å²) in [6.07, 6.45) is 1.58. The zero-order valence-corrected chi connectivity index (χ0v) is 15.4. The number of nitrogens with zero attached hydrogens (tertiary/aromatic N) is 3. The van der Waals surface area contributed by atoms with Gasteiger partial charge in [-0.15, -0.1) is 0 Å². The third kappa shape index (κ3) is 4.01. The number of carboxylic acid groups (broad SMARTS) is 1. The first-order valence-corrected chi connectivity index (χ1v) is 9.23. The van der Waals surface area contributed by atoms with Crippen LogP contribution < -0.4 is 0 Å². The van der Waals surface area contributed by atoms with Crippen LogP contribution in [0.2, 0.25) is 0 Å². The zero-order chi connectivity index (χ0) is 20.4. The molecule has 148 valence electrons. The summed E-state index contributed by atoms with van der Waals surface area (Å²) in [7, 11) is 0. The van der Waals surface area contributed by atoms with Crippen LogP contribution in [-0.4, -0.2) is 45.1 Å². The number of hydrogen-bond donors (Lipinski definition) is 1. The van der Waals surface area contributed by atoms with Gasteiger partial charge in [0.25, 0.3) is 5.91 Å². The number of carbonyl (C=O) groups is 2. The Labute approximate surface area is 165 Å². The van der Waals surface area contributed by atoms with E-state index in [2.05, 4.69) is 10.1 Å². The Balaban J connectivity index is 1.48. The van der Waals surface area contributed by atoms with Gasteiger partial charge in [-0.25, -0.2) is 9.18 Å². The first-order valence-electron chi connectivity index (χ1n) is 9.23. The number of aromatic nitrogens is 2. The third-order valence-electron chi connectivity index (χ3n) is 4.96. The fourth-order valence-corrected chi connectivity index (χ4v) is 3.45. The Morgan fingerprint density at radius 1 is 1.14 bits per heavy atom. The molecule has 0 radical (unpaired) electrons. The van der Waals surface area contributed by atoms with Gasteiger partial charge < -0.3 is 14.5 Å². The predicted octanol–water partition coefficient (Wildman–Crippen LogP) is 3.59. The van der Waals surface area contributed by atoms with E-state index in [1.165, 1.54) is 36.4 Å². The molecule has 0 spiro atoms. The van der Waals surface area contributed by atoms with Crippen molar-refractivity contribution >= 4 is 11.9 Å². The topological polar surface area (TPSA) is 96.5 Å². The van der Waals surface area contributed by atoms with Crippen molar-refractivity contribution < 1.29 is 23.6 Å². The van der Waals surface area contributed by atoms with Crippen molar-refractivity contribution in [3.05, 3.63) is 71.4 Å². The summed E-state index contributed by atoms with van der Waals surface area (Å²) in [6.45, 7) is 1.02. The van der Waals surface area contributed by atoms with Crippen LogP contribution in [0.1, 0.15) is 45.4 Å². The number of carboxylic acids is 1. The molecule has 1 aromatic heterocycles. The number of carbonyl (C=O) groups excluding carboxylic acids is 1. The summed E-state index contributed by atoms with van der Waals surface area (Å²) in [6, 6.07) is 11.8. The van der Waals surface area contributed by atoms with Crippen LogP contribution in [0.15, 0.2) is 53.1 Å². The lowest BCUT2D eigenvalue weighted by Gasteiger charge is -2.31. The van der Waals surface area contributed by atoms with E-state index in [4.69, 9.17) is 9.63 Å². The molecule has 0 bridgehead atoms. The average molecular weight is 395 g/mol. The predicted molar refractivity (Wildman–Crippen MR) is 101 cm³/mol. The lowest BCUT2D eigenvalue weighted by Crippen LogP contribution is -2.39. The lowest BCUT2D eigenvalue weighted by atomic mass is 9.97. The Hall–Kier alpha value is -3.55. The summed E-state index contributed by atoms with van der Waals surface area (Å²) in [5, 5.41) is 12.9. The molecule has 29 heavy (non-hydrogen) atoms. The number of aromatic carboxylic acids is 1. The maximum absolute atomic E-state index is 13.4. The molecule has 1 aliphatic rings. The monoisotopic (exact) mass is 395 g/mol. The summed E-state index contributed by atoms with van der Waals surface area (Å²) in [4.78, 5) is 29.9. The molecule has 1 aliphatic heterocycles. The second-order valence-corrected chi connectivity index (χ2v) is 6.94. The second-order valence-electron chi connectivity index (χ2n) is 6.94. The molecule has 1 saturated heterocycles. The smallest absolute Gasteiger partial charge is 0.335 e. The van der Waals surface area contributed by atoms with Crippen LogP contribution >= 0.6 is 0 Å². The van der Waals surface area contributed by atoms with Crippen LogP contribution in [0, 0.1) is 5.82 Å². The van der Waals surface area contributed by atoms with Crippen molar-refractivity contribution in [2.45, 2.75) is 18.8 Å². The van der Waals surface area contributed by atoms with Crippen LogP contribution in [0.5, 0.6) is 0 Å². The number of piperidine rings is 1. The number of halogens is 1. The van der Waals surface area contributed by atoms with Crippen molar-refractivity contribution in [1.82, 2.24) is 15.0 Å². The fraction of sp³-hybridized carbons (Fsp3) is 0.238. The van der Waals surface area contributed by atoms with Crippen LogP contribution in [0.25, 0.3) is 11.4 Å². The van der Waals surface area contributed by atoms with Crippen LogP contribution in [0.4, 0.5) is 4.39 Å². The molecule has 1 fully saturated rings. The number of likely N-dealkylation sites (tertiary alicyclic amines) is 1. The minimum Gasteiger partial charge on any atom is -0.478 e. The van der Waals surface area contributed by atoms with Crippen molar-refractivity contribution in [3.8, 4) is 11.4 Å². The molecule has 4 rings (SSSR count). The van der Waals surface area contributed by atoms with E-state index >= 15 is 0 Å². The first kappa shape index (κ1) is 18.8. The van der Waals surface area contributed by atoms with Crippen LogP contribution in [-0.2, 0) is 0 Å². The average Bonchev–Trinajstić information content (AvgIpc) is 3.24. The largest absolute Gasteiger partial charge is 0.478 e. The Bertz CT molecular complexity index is 1050. The highest BCUT2D eigenvalue weighted by atomic mass is 19.1. The summed E-state index contributed by atoms with van der Waals surface area (Å²) in [5.74, 6) is -0.961. The molecule has 1 N–H and O–H groups in total. The van der Waals surface area contributed by atoms with E-state index in [9.17, 15) is 14.0 Å². The molecule has 0 unspecified atom stereocenters. The lowest BCUT2D eigenvalue weighted by molar-refractivity contribution is 0.0682. The standard InChI is InChI=1S/C21H18FN3O4/c22-17-5-1-3-15(11-17)18-23-19(29-24-18)16-4-2-10-25(12-16)20(26)13-6-8-14(9-7-13)21(27)28/h1,3,5-9,11,16H,2,4,10,12H2,(H,27,28)/t16-/m0/s1. The number of hydrogen-bond acceptors (Lipinski definition) is 5. The molecule has 1 amide bonds. The van der Waals surface area contributed by atoms with Gasteiger partial charge >= 0.3 is 5.97 Å². The number of rotatable bonds is 4. The summed E-state index contributed by atoms with van der Waals surface area (Å²) in [5.41, 5.74) is 1.10. The highest BCUT2D eigenvalue weighted by molar-refractivity contribution is 5.96. The van der Waals surface area contributed by atoms with E-state index in [1.807, 2.05) is 0 Å². The molecule has 2 aromatic carbocycles. The SMILES string of the molecule is O=C(O)c1ccc(C(=O)N2CCC[C@H](c3nc(-c4cccc(F)c4)no3)C2)cc1. The van der Waals surface area contributed by atoms with Gasteiger partial charge in [-0.3, -0.25) is 4.79 Å². The number of benzene rings is 2. The van der Waals surface area contributed by atoms with Crippen molar-refractivity contribution in [2.24, 2.45) is 0 Å². The Morgan fingerprint density at radius 3 is 2.62 bits per heavy atom.